The predicted molar refractivity (Wildman–Crippen MR) is 349 cm³/mol. The number of hydrogen-bond donors (Lipinski definition) is 3. The van der Waals surface area contributed by atoms with Crippen LogP contribution in [-0.4, -0.2) is 96.7 Å². The van der Waals surface area contributed by atoms with Crippen LogP contribution in [0.4, 0.5) is 0 Å². The summed E-state index contributed by atoms with van der Waals surface area (Å²) in [4.78, 5) is 72.3. The molecule has 0 amide bonds. The van der Waals surface area contributed by atoms with Crippen LogP contribution >= 0.6 is 15.6 Å². The largest absolute Gasteiger partial charge is 0.472 e. The molecule has 0 heterocycles. The van der Waals surface area contributed by atoms with Gasteiger partial charge in [-0.1, -0.05) is 292 Å². The smallest absolute Gasteiger partial charge is 0.462 e. The van der Waals surface area contributed by atoms with Gasteiger partial charge in [0.05, 0.1) is 26.4 Å². The Bertz CT molecular complexity index is 1700. The molecule has 0 radical (unpaired) electrons. The first-order chi connectivity index (χ1) is 41.9. The zero-order valence-electron chi connectivity index (χ0n) is 56.3. The maximum absolute atomic E-state index is 13.0. The average molecular weight is 1280 g/mol. The molecule has 0 aliphatic rings. The molecular formula is C68H132O17P2. The molecule has 19 heteroatoms. The number of hydrogen-bond acceptors (Lipinski definition) is 15. The van der Waals surface area contributed by atoms with Crippen LogP contribution in [0, 0.1) is 11.8 Å². The first kappa shape index (κ1) is 85.1. The number of phosphoric ester groups is 2. The van der Waals surface area contributed by atoms with Gasteiger partial charge < -0.3 is 33.8 Å². The van der Waals surface area contributed by atoms with Gasteiger partial charge >= 0.3 is 39.5 Å². The Labute approximate surface area is 530 Å². The van der Waals surface area contributed by atoms with Crippen LogP contribution in [-0.2, 0) is 65.4 Å². The lowest BCUT2D eigenvalue weighted by atomic mass is 10.0. The van der Waals surface area contributed by atoms with Gasteiger partial charge in [-0.3, -0.25) is 37.3 Å². The molecular weight excluding hydrogens is 1150 g/mol. The zero-order chi connectivity index (χ0) is 64.3. The van der Waals surface area contributed by atoms with Gasteiger partial charge in [-0.2, -0.15) is 0 Å². The van der Waals surface area contributed by atoms with Crippen LogP contribution in [0.25, 0.3) is 0 Å². The van der Waals surface area contributed by atoms with E-state index in [4.69, 9.17) is 37.0 Å². The molecule has 3 N–H and O–H groups in total. The van der Waals surface area contributed by atoms with E-state index in [1.54, 1.807) is 0 Å². The fraction of sp³-hybridized carbons (Fsp3) is 0.941. The third kappa shape index (κ3) is 62.6. The quantitative estimate of drug-likeness (QED) is 0.0222. The highest BCUT2D eigenvalue weighted by Gasteiger charge is 2.30. The number of carbonyl (C=O) groups excluding carboxylic acids is 4. The van der Waals surface area contributed by atoms with Crippen molar-refractivity contribution in [2.24, 2.45) is 11.8 Å². The molecule has 0 fully saturated rings. The van der Waals surface area contributed by atoms with Crippen molar-refractivity contribution >= 4 is 39.5 Å². The van der Waals surface area contributed by atoms with Crippen LogP contribution in [0.5, 0.6) is 0 Å². The fourth-order valence-electron chi connectivity index (χ4n) is 10.2. The lowest BCUT2D eigenvalue weighted by molar-refractivity contribution is -0.161. The molecule has 0 aromatic rings. The van der Waals surface area contributed by atoms with E-state index in [1.807, 2.05) is 0 Å². The fourth-order valence-corrected chi connectivity index (χ4v) is 11.8. The number of ether oxygens (including phenoxy) is 4. The van der Waals surface area contributed by atoms with E-state index in [0.29, 0.717) is 25.7 Å². The lowest BCUT2D eigenvalue weighted by Gasteiger charge is -2.21. The van der Waals surface area contributed by atoms with Gasteiger partial charge in [-0.25, -0.2) is 9.13 Å². The van der Waals surface area contributed by atoms with E-state index in [0.717, 1.165) is 115 Å². The van der Waals surface area contributed by atoms with Gasteiger partial charge in [0.1, 0.15) is 19.3 Å². The second-order valence-electron chi connectivity index (χ2n) is 25.5. The molecule has 87 heavy (non-hydrogen) atoms. The van der Waals surface area contributed by atoms with Crippen molar-refractivity contribution in [3.8, 4) is 0 Å². The monoisotopic (exact) mass is 1280 g/mol. The van der Waals surface area contributed by atoms with E-state index in [1.165, 1.54) is 148 Å². The summed E-state index contributed by atoms with van der Waals surface area (Å²) >= 11 is 0. The summed E-state index contributed by atoms with van der Waals surface area (Å²) in [5.74, 6) is -0.629. The number of phosphoric acid groups is 2. The highest BCUT2D eigenvalue weighted by molar-refractivity contribution is 7.47. The van der Waals surface area contributed by atoms with Gasteiger partial charge in [0.2, 0.25) is 0 Å². The summed E-state index contributed by atoms with van der Waals surface area (Å²) in [7, 11) is -9.89. The third-order valence-electron chi connectivity index (χ3n) is 15.7. The predicted octanol–water partition coefficient (Wildman–Crippen LogP) is 19.2. The second-order valence-corrected chi connectivity index (χ2v) is 28.4. The summed E-state index contributed by atoms with van der Waals surface area (Å²) in [6, 6.07) is 0. The Balaban J connectivity index is 5.22. The van der Waals surface area contributed by atoms with E-state index in [9.17, 15) is 43.2 Å². The number of rotatable bonds is 67. The molecule has 0 spiro atoms. The van der Waals surface area contributed by atoms with Crippen LogP contribution in [0.15, 0.2) is 0 Å². The average Bonchev–Trinajstić information content (AvgIpc) is 3.58. The molecule has 2 unspecified atom stereocenters. The van der Waals surface area contributed by atoms with E-state index in [-0.39, 0.29) is 25.7 Å². The number of aliphatic hydroxyl groups excluding tert-OH is 1. The first-order valence-corrected chi connectivity index (χ1v) is 38.5. The van der Waals surface area contributed by atoms with Crippen LogP contribution < -0.4 is 0 Å². The minimum Gasteiger partial charge on any atom is -0.462 e. The molecule has 0 saturated heterocycles. The van der Waals surface area contributed by atoms with Crippen molar-refractivity contribution in [3.63, 3.8) is 0 Å². The Morgan fingerprint density at radius 3 is 0.782 bits per heavy atom. The maximum atomic E-state index is 13.0. The number of esters is 4. The molecule has 0 rings (SSSR count). The molecule has 5 atom stereocenters. The van der Waals surface area contributed by atoms with Crippen LogP contribution in [0.2, 0.25) is 0 Å². The van der Waals surface area contributed by atoms with Gasteiger partial charge in [0, 0.05) is 25.7 Å². The molecule has 0 aromatic heterocycles. The van der Waals surface area contributed by atoms with Crippen LogP contribution in [0.3, 0.4) is 0 Å². The Morgan fingerprint density at radius 1 is 0.310 bits per heavy atom. The minimum absolute atomic E-state index is 0.105. The normalized spacial score (nSPS) is 14.2. The van der Waals surface area contributed by atoms with E-state index < -0.39 is 97.5 Å². The Hall–Kier alpha value is -1.94. The molecule has 0 bridgehead atoms. The van der Waals surface area contributed by atoms with Crippen molar-refractivity contribution in [3.05, 3.63) is 0 Å². The summed E-state index contributed by atoms with van der Waals surface area (Å²) in [6.45, 7) is 9.47. The van der Waals surface area contributed by atoms with Gasteiger partial charge in [-0.15, -0.1) is 0 Å². The van der Waals surface area contributed by atoms with Crippen molar-refractivity contribution in [2.75, 3.05) is 39.6 Å². The highest BCUT2D eigenvalue weighted by Crippen LogP contribution is 2.45. The third-order valence-corrected chi connectivity index (χ3v) is 17.6. The summed E-state index contributed by atoms with van der Waals surface area (Å²) in [6.07, 6.45) is 44.5. The van der Waals surface area contributed by atoms with E-state index >= 15 is 0 Å². The van der Waals surface area contributed by atoms with E-state index in [2.05, 4.69) is 41.5 Å². The number of unbranched alkanes of at least 4 members (excludes halogenated alkanes) is 37. The van der Waals surface area contributed by atoms with Gasteiger partial charge in [-0.05, 0) is 37.5 Å². The standard InChI is InChI=1S/C68H132O17P2/c1-7-9-11-13-15-16-17-18-19-22-27-33-39-45-51-66(71)79-57-64(85-67(72)52-46-40-34-28-23-20-21-25-31-36-42-48-60(3)4)59-83-87(76,77)81-55-62(69)54-80-86(74,75)82-58-63(56-78-65(70)50-44-38-30-14-12-10-8-2)84-68(73)53-47-41-35-29-24-26-32-37-43-49-61(5)6/h60-64,69H,7-59H2,1-6H3,(H,74,75)(H,76,77)/t62-,63+,64+/m0/s1. The summed E-state index contributed by atoms with van der Waals surface area (Å²) < 4.78 is 68.1. The van der Waals surface area contributed by atoms with Gasteiger partial charge in [0.25, 0.3) is 0 Å². The Morgan fingerprint density at radius 2 is 0.529 bits per heavy atom. The van der Waals surface area contributed by atoms with Gasteiger partial charge in [0.15, 0.2) is 12.2 Å². The maximum Gasteiger partial charge on any atom is 0.472 e. The molecule has 0 aliphatic carbocycles. The van der Waals surface area contributed by atoms with Crippen molar-refractivity contribution in [2.45, 2.75) is 362 Å². The molecule has 0 saturated carbocycles. The van der Waals surface area contributed by atoms with Crippen LogP contribution in [0.1, 0.15) is 343 Å². The minimum atomic E-state index is -4.95. The van der Waals surface area contributed by atoms with Crippen molar-refractivity contribution < 1.29 is 80.2 Å². The molecule has 0 aliphatic heterocycles. The zero-order valence-corrected chi connectivity index (χ0v) is 58.1. The summed E-state index contributed by atoms with van der Waals surface area (Å²) in [5.41, 5.74) is 0. The topological polar surface area (TPSA) is 237 Å². The number of carbonyl (C=O) groups is 4. The Kier molecular flexibility index (Phi) is 59.0. The molecule has 17 nitrogen and oxygen atoms in total. The SMILES string of the molecule is CCCCCCCCCCCCCCCCC(=O)OC[C@H](COP(=O)(O)OC[C@@H](O)COP(=O)(O)OC[C@@H](COC(=O)CCCCCCCCC)OC(=O)CCCCCCCCCCCC(C)C)OC(=O)CCCCCCCCCCCCCC(C)C. The highest BCUT2D eigenvalue weighted by atomic mass is 31.2. The number of aliphatic hydroxyl groups is 1. The van der Waals surface area contributed by atoms with Crippen molar-refractivity contribution in [1.82, 2.24) is 0 Å². The van der Waals surface area contributed by atoms with Crippen molar-refractivity contribution in [1.29, 1.82) is 0 Å². The molecule has 516 valence electrons. The first-order valence-electron chi connectivity index (χ1n) is 35.5. The lowest BCUT2D eigenvalue weighted by Crippen LogP contribution is -2.30. The molecule has 0 aromatic carbocycles. The summed E-state index contributed by atoms with van der Waals surface area (Å²) in [5, 5.41) is 10.6. The second kappa shape index (κ2) is 60.3.